The molecule has 2 aromatic carbocycles. The minimum absolute atomic E-state index is 0.124. The van der Waals surface area contributed by atoms with Crippen LogP contribution in [0.4, 0.5) is 15.8 Å². The van der Waals surface area contributed by atoms with Gasteiger partial charge in [0.15, 0.2) is 0 Å². The summed E-state index contributed by atoms with van der Waals surface area (Å²) < 4.78 is 13.3. The molecule has 0 aromatic heterocycles. The molecule has 2 N–H and O–H groups in total. The minimum Gasteiger partial charge on any atom is -0.369 e. The molecule has 1 saturated heterocycles. The Hall–Kier alpha value is -3.42. The van der Waals surface area contributed by atoms with Crippen LogP contribution in [0.15, 0.2) is 42.5 Å². The molecular formula is C29H37FN4O3. The molecule has 4 rings (SSSR count). The molecule has 1 aliphatic heterocycles. The van der Waals surface area contributed by atoms with Gasteiger partial charge in [0.1, 0.15) is 5.82 Å². The Balaban J connectivity index is 1.52. The summed E-state index contributed by atoms with van der Waals surface area (Å²) in [6.45, 7) is 6.59. The molecule has 7 nitrogen and oxygen atoms in total. The Labute approximate surface area is 218 Å². The summed E-state index contributed by atoms with van der Waals surface area (Å²) in [5, 5.41) is 5.81. The molecule has 2 aromatic rings. The van der Waals surface area contributed by atoms with Crippen LogP contribution in [0.2, 0.25) is 0 Å². The Bertz CT molecular complexity index is 1110. The zero-order valence-electron chi connectivity index (χ0n) is 21.8. The van der Waals surface area contributed by atoms with Gasteiger partial charge in [-0.25, -0.2) is 4.39 Å². The highest BCUT2D eigenvalue weighted by Crippen LogP contribution is 2.29. The van der Waals surface area contributed by atoms with Gasteiger partial charge in [0.25, 0.3) is 5.91 Å². The number of carbonyl (C=O) groups excluding carboxylic acids is 3. The number of benzene rings is 2. The second-order valence-electron chi connectivity index (χ2n) is 10.3. The highest BCUT2D eigenvalue weighted by molar-refractivity contribution is 6.02. The van der Waals surface area contributed by atoms with E-state index in [1.54, 1.807) is 18.2 Å². The van der Waals surface area contributed by atoms with E-state index >= 15 is 0 Å². The smallest absolute Gasteiger partial charge is 0.253 e. The second kappa shape index (κ2) is 12.2. The molecule has 198 valence electrons. The average Bonchev–Trinajstić information content (AvgIpc) is 3.32. The van der Waals surface area contributed by atoms with E-state index in [1.807, 2.05) is 30.9 Å². The number of anilines is 2. The fourth-order valence-corrected chi connectivity index (χ4v) is 5.05. The lowest BCUT2D eigenvalue weighted by Gasteiger charge is -2.27. The van der Waals surface area contributed by atoms with E-state index in [1.165, 1.54) is 12.1 Å². The summed E-state index contributed by atoms with van der Waals surface area (Å²) in [5.41, 5.74) is 2.58. The largest absolute Gasteiger partial charge is 0.369 e. The highest BCUT2D eigenvalue weighted by Gasteiger charge is 2.29. The molecule has 8 heteroatoms. The van der Waals surface area contributed by atoms with Gasteiger partial charge in [-0.1, -0.05) is 38.8 Å². The third-order valence-corrected chi connectivity index (χ3v) is 7.25. The third kappa shape index (κ3) is 6.87. The molecule has 3 amide bonds. The van der Waals surface area contributed by atoms with Gasteiger partial charge in [0.2, 0.25) is 11.8 Å². The first-order valence-corrected chi connectivity index (χ1v) is 13.3. The summed E-state index contributed by atoms with van der Waals surface area (Å²) in [7, 11) is 0. The molecule has 0 atom stereocenters. The number of carbonyl (C=O) groups is 3. The summed E-state index contributed by atoms with van der Waals surface area (Å²) >= 11 is 0. The van der Waals surface area contributed by atoms with Crippen molar-refractivity contribution in [2.24, 2.45) is 11.8 Å². The first kappa shape index (κ1) is 26.6. The van der Waals surface area contributed by atoms with Gasteiger partial charge in [-0.05, 0) is 55.2 Å². The predicted octanol–water partition coefficient (Wildman–Crippen LogP) is 4.58. The number of hydrogen-bond acceptors (Lipinski definition) is 4. The Morgan fingerprint density at radius 1 is 0.946 bits per heavy atom. The van der Waals surface area contributed by atoms with Crippen LogP contribution in [0.3, 0.4) is 0 Å². The van der Waals surface area contributed by atoms with Crippen LogP contribution in [0.5, 0.6) is 0 Å². The number of rotatable bonds is 7. The predicted molar refractivity (Wildman–Crippen MR) is 143 cm³/mol. The van der Waals surface area contributed by atoms with Gasteiger partial charge in [0.05, 0.1) is 5.56 Å². The van der Waals surface area contributed by atoms with Gasteiger partial charge in [-0.15, -0.1) is 0 Å². The van der Waals surface area contributed by atoms with Crippen molar-refractivity contribution in [1.82, 2.24) is 10.2 Å². The maximum atomic E-state index is 13.4. The molecule has 2 aliphatic rings. The van der Waals surface area contributed by atoms with Crippen LogP contribution < -0.4 is 15.5 Å². The first-order valence-electron chi connectivity index (χ1n) is 13.3. The molecule has 37 heavy (non-hydrogen) atoms. The van der Waals surface area contributed by atoms with Gasteiger partial charge in [-0.3, -0.25) is 14.4 Å². The van der Waals surface area contributed by atoms with E-state index in [0.717, 1.165) is 56.4 Å². The Morgan fingerprint density at radius 3 is 2.38 bits per heavy atom. The van der Waals surface area contributed by atoms with Crippen LogP contribution in [-0.4, -0.2) is 48.8 Å². The van der Waals surface area contributed by atoms with Crippen LogP contribution in [0, 0.1) is 17.7 Å². The topological polar surface area (TPSA) is 81.8 Å². The minimum atomic E-state index is -0.326. The van der Waals surface area contributed by atoms with E-state index in [9.17, 15) is 18.8 Å². The molecule has 0 unspecified atom stereocenters. The van der Waals surface area contributed by atoms with Gasteiger partial charge >= 0.3 is 0 Å². The second-order valence-corrected chi connectivity index (χ2v) is 10.3. The SMILES string of the molecule is CC(C)C(=O)Nc1ccc(N2CCCN(C(=O)C3CCCC3)CC2)c(C(=O)NCc2ccc(F)cc2)c1. The van der Waals surface area contributed by atoms with Gasteiger partial charge in [0, 0.05) is 55.9 Å². The van der Waals surface area contributed by atoms with Crippen molar-refractivity contribution in [2.45, 2.75) is 52.5 Å². The molecule has 0 radical (unpaired) electrons. The van der Waals surface area contributed by atoms with Crippen LogP contribution in [0.25, 0.3) is 0 Å². The van der Waals surface area contributed by atoms with Crippen LogP contribution in [0.1, 0.15) is 61.9 Å². The molecular weight excluding hydrogens is 471 g/mol. The zero-order valence-corrected chi connectivity index (χ0v) is 21.8. The van der Waals surface area contributed by atoms with Crippen molar-refractivity contribution in [3.63, 3.8) is 0 Å². The van der Waals surface area contributed by atoms with Crippen molar-refractivity contribution in [3.05, 3.63) is 59.4 Å². The fraction of sp³-hybridized carbons (Fsp3) is 0.483. The Kier molecular flexibility index (Phi) is 8.79. The number of nitrogens with one attached hydrogen (secondary N) is 2. The standard InChI is InChI=1S/C29H37FN4O3/c1-20(2)27(35)32-24-12-13-26(25(18-24)28(36)31-19-21-8-10-23(30)11-9-21)33-14-5-15-34(17-16-33)29(37)22-6-3-4-7-22/h8-13,18,20,22H,3-7,14-17,19H2,1-2H3,(H,31,36)(H,32,35). The van der Waals surface area contributed by atoms with Gasteiger partial charge in [-0.2, -0.15) is 0 Å². The fourth-order valence-electron chi connectivity index (χ4n) is 5.05. The zero-order chi connectivity index (χ0) is 26.4. The average molecular weight is 509 g/mol. The summed E-state index contributed by atoms with van der Waals surface area (Å²) in [6.07, 6.45) is 5.06. The summed E-state index contributed by atoms with van der Waals surface area (Å²) in [5.74, 6) is -0.493. The maximum Gasteiger partial charge on any atom is 0.253 e. The molecule has 0 spiro atoms. The molecule has 1 heterocycles. The first-order chi connectivity index (χ1) is 17.8. The number of hydrogen-bond donors (Lipinski definition) is 2. The Morgan fingerprint density at radius 2 is 1.68 bits per heavy atom. The van der Waals surface area contributed by atoms with E-state index in [0.29, 0.717) is 24.3 Å². The summed E-state index contributed by atoms with van der Waals surface area (Å²) in [6, 6.07) is 11.4. The monoisotopic (exact) mass is 508 g/mol. The molecule has 0 bridgehead atoms. The normalized spacial score (nSPS) is 16.5. The molecule has 1 aliphatic carbocycles. The van der Waals surface area contributed by atoms with Crippen LogP contribution in [-0.2, 0) is 16.1 Å². The third-order valence-electron chi connectivity index (χ3n) is 7.25. The van der Waals surface area contributed by atoms with Crippen molar-refractivity contribution < 1.29 is 18.8 Å². The lowest BCUT2D eigenvalue weighted by atomic mass is 10.1. The quantitative estimate of drug-likeness (QED) is 0.574. The number of nitrogens with zero attached hydrogens (tertiary/aromatic N) is 2. The van der Waals surface area contributed by atoms with Crippen LogP contribution >= 0.6 is 0 Å². The number of amides is 3. The van der Waals surface area contributed by atoms with Crippen molar-refractivity contribution in [2.75, 3.05) is 36.4 Å². The number of halogens is 1. The van der Waals surface area contributed by atoms with Crippen molar-refractivity contribution >= 4 is 29.1 Å². The maximum absolute atomic E-state index is 13.4. The van der Waals surface area contributed by atoms with E-state index < -0.39 is 0 Å². The molecule has 2 fully saturated rings. The van der Waals surface area contributed by atoms with Gasteiger partial charge < -0.3 is 20.4 Å². The highest BCUT2D eigenvalue weighted by atomic mass is 19.1. The lowest BCUT2D eigenvalue weighted by molar-refractivity contribution is -0.135. The van der Waals surface area contributed by atoms with Crippen molar-refractivity contribution in [1.29, 1.82) is 0 Å². The van der Waals surface area contributed by atoms with Crippen molar-refractivity contribution in [3.8, 4) is 0 Å². The lowest BCUT2D eigenvalue weighted by Crippen LogP contribution is -2.38. The summed E-state index contributed by atoms with van der Waals surface area (Å²) in [4.78, 5) is 42.8. The van der Waals surface area contributed by atoms with E-state index in [-0.39, 0.29) is 41.9 Å². The van der Waals surface area contributed by atoms with E-state index in [4.69, 9.17) is 0 Å². The van der Waals surface area contributed by atoms with E-state index in [2.05, 4.69) is 15.5 Å². The molecule has 1 saturated carbocycles.